The highest BCUT2D eigenvalue weighted by Crippen LogP contribution is 2.22. The normalized spacial score (nSPS) is 10.1. The second-order valence-corrected chi connectivity index (χ2v) is 4.88. The van der Waals surface area contributed by atoms with Crippen molar-refractivity contribution >= 4 is 33.8 Å². The molecule has 0 bridgehead atoms. The van der Waals surface area contributed by atoms with Crippen LogP contribution in [0.1, 0.15) is 16.1 Å². The van der Waals surface area contributed by atoms with Crippen LogP contribution in [0.15, 0.2) is 41.0 Å². The van der Waals surface area contributed by atoms with E-state index >= 15 is 0 Å². The summed E-state index contributed by atoms with van der Waals surface area (Å²) in [5, 5.41) is 0.641. The van der Waals surface area contributed by atoms with E-state index in [0.29, 0.717) is 29.4 Å². The summed E-state index contributed by atoms with van der Waals surface area (Å²) < 4.78 is 6.46. The zero-order chi connectivity index (χ0) is 13.0. The van der Waals surface area contributed by atoms with Gasteiger partial charge in [-0.3, -0.25) is 4.79 Å². The molecule has 1 aromatic carbocycles. The molecule has 0 aliphatic rings. The molecule has 0 saturated carbocycles. The number of hydrogen-bond acceptors (Lipinski definition) is 3. The van der Waals surface area contributed by atoms with Crippen LogP contribution in [0, 0.1) is 0 Å². The lowest BCUT2D eigenvalue weighted by molar-refractivity contribution is 0.111. The largest absolute Gasteiger partial charge is 0.487 e. The molecular formula is C13H9BrClNO2. The Labute approximate surface area is 118 Å². The molecule has 92 valence electrons. The average Bonchev–Trinajstić information content (AvgIpc) is 2.38. The number of aldehydes is 1. The Bertz CT molecular complexity index is 557. The van der Waals surface area contributed by atoms with Crippen molar-refractivity contribution in [3.8, 4) is 5.75 Å². The SMILES string of the molecule is O=Cc1ccc(OCc2ccc(Br)cc2Cl)cn1. The average molecular weight is 327 g/mol. The molecule has 0 radical (unpaired) electrons. The predicted octanol–water partition coefficient (Wildman–Crippen LogP) is 3.89. The van der Waals surface area contributed by atoms with E-state index in [9.17, 15) is 4.79 Å². The molecular weight excluding hydrogens is 318 g/mol. The molecule has 3 nitrogen and oxygen atoms in total. The first kappa shape index (κ1) is 13.1. The van der Waals surface area contributed by atoms with Crippen molar-refractivity contribution in [1.82, 2.24) is 4.98 Å². The van der Waals surface area contributed by atoms with E-state index < -0.39 is 0 Å². The van der Waals surface area contributed by atoms with Crippen LogP contribution in [0.2, 0.25) is 5.02 Å². The molecule has 0 amide bonds. The lowest BCUT2D eigenvalue weighted by Gasteiger charge is -2.07. The molecule has 0 saturated heterocycles. The summed E-state index contributed by atoms with van der Waals surface area (Å²) >= 11 is 9.41. The lowest BCUT2D eigenvalue weighted by atomic mass is 10.2. The highest BCUT2D eigenvalue weighted by atomic mass is 79.9. The maximum atomic E-state index is 10.4. The van der Waals surface area contributed by atoms with E-state index in [0.717, 1.165) is 10.0 Å². The van der Waals surface area contributed by atoms with E-state index in [-0.39, 0.29) is 0 Å². The number of ether oxygens (including phenoxy) is 1. The van der Waals surface area contributed by atoms with Crippen LogP contribution >= 0.6 is 27.5 Å². The number of halogens is 2. The van der Waals surface area contributed by atoms with E-state index in [1.165, 1.54) is 6.20 Å². The van der Waals surface area contributed by atoms with Crippen molar-refractivity contribution in [3.05, 3.63) is 57.3 Å². The van der Waals surface area contributed by atoms with Crippen LogP contribution in [0.3, 0.4) is 0 Å². The third-order valence-corrected chi connectivity index (χ3v) is 3.13. The summed E-state index contributed by atoms with van der Waals surface area (Å²) in [7, 11) is 0. The molecule has 0 unspecified atom stereocenters. The highest BCUT2D eigenvalue weighted by molar-refractivity contribution is 9.10. The van der Waals surface area contributed by atoms with Crippen LogP contribution < -0.4 is 4.74 Å². The highest BCUT2D eigenvalue weighted by Gasteiger charge is 2.02. The Kier molecular flexibility index (Phi) is 4.33. The topological polar surface area (TPSA) is 39.2 Å². The fourth-order valence-electron chi connectivity index (χ4n) is 1.35. The molecule has 1 heterocycles. The molecule has 2 rings (SSSR count). The third-order valence-electron chi connectivity index (χ3n) is 2.29. The zero-order valence-electron chi connectivity index (χ0n) is 9.27. The first-order valence-corrected chi connectivity index (χ1v) is 6.34. The van der Waals surface area contributed by atoms with Gasteiger partial charge in [0.05, 0.1) is 6.20 Å². The van der Waals surface area contributed by atoms with E-state index in [2.05, 4.69) is 20.9 Å². The van der Waals surface area contributed by atoms with Gasteiger partial charge in [-0.15, -0.1) is 0 Å². The van der Waals surface area contributed by atoms with Gasteiger partial charge < -0.3 is 4.74 Å². The summed E-state index contributed by atoms with van der Waals surface area (Å²) in [6.07, 6.45) is 2.20. The van der Waals surface area contributed by atoms with Gasteiger partial charge >= 0.3 is 0 Å². The van der Waals surface area contributed by atoms with Crippen LogP contribution in [-0.4, -0.2) is 11.3 Å². The molecule has 1 aromatic heterocycles. The minimum absolute atomic E-state index is 0.355. The first-order chi connectivity index (χ1) is 8.69. The van der Waals surface area contributed by atoms with Crippen molar-refractivity contribution < 1.29 is 9.53 Å². The summed E-state index contributed by atoms with van der Waals surface area (Å²) in [6, 6.07) is 8.90. The second kappa shape index (κ2) is 5.98. The van der Waals surface area contributed by atoms with Crippen LogP contribution in [-0.2, 0) is 6.61 Å². The summed E-state index contributed by atoms with van der Waals surface area (Å²) in [4.78, 5) is 14.4. The molecule has 0 aliphatic heterocycles. The summed E-state index contributed by atoms with van der Waals surface area (Å²) in [5.41, 5.74) is 1.27. The molecule has 0 atom stereocenters. The van der Waals surface area contributed by atoms with Gasteiger partial charge in [-0.1, -0.05) is 33.6 Å². The maximum absolute atomic E-state index is 10.4. The van der Waals surface area contributed by atoms with Crippen molar-refractivity contribution in [3.63, 3.8) is 0 Å². The number of carbonyl (C=O) groups is 1. The Morgan fingerprint density at radius 2 is 2.17 bits per heavy atom. The monoisotopic (exact) mass is 325 g/mol. The molecule has 0 spiro atoms. The number of benzene rings is 1. The minimum atomic E-state index is 0.355. The molecule has 0 N–H and O–H groups in total. The molecule has 0 aliphatic carbocycles. The molecule has 5 heteroatoms. The zero-order valence-corrected chi connectivity index (χ0v) is 11.6. The van der Waals surface area contributed by atoms with Gasteiger partial charge in [0.25, 0.3) is 0 Å². The van der Waals surface area contributed by atoms with Gasteiger partial charge in [-0.25, -0.2) is 4.98 Å². The number of aromatic nitrogens is 1. The maximum Gasteiger partial charge on any atom is 0.168 e. The fourth-order valence-corrected chi connectivity index (χ4v) is 2.07. The van der Waals surface area contributed by atoms with Gasteiger partial charge in [-0.05, 0) is 24.3 Å². The van der Waals surface area contributed by atoms with Gasteiger partial charge in [-0.2, -0.15) is 0 Å². The van der Waals surface area contributed by atoms with Gasteiger partial charge in [0.1, 0.15) is 18.1 Å². The fraction of sp³-hybridized carbons (Fsp3) is 0.0769. The van der Waals surface area contributed by atoms with Crippen molar-refractivity contribution in [2.24, 2.45) is 0 Å². The number of nitrogens with zero attached hydrogens (tertiary/aromatic N) is 1. The number of pyridine rings is 1. The van der Waals surface area contributed by atoms with E-state index in [1.54, 1.807) is 12.1 Å². The Morgan fingerprint density at radius 3 is 2.78 bits per heavy atom. The van der Waals surface area contributed by atoms with Gasteiger partial charge in [0, 0.05) is 15.1 Å². The summed E-state index contributed by atoms with van der Waals surface area (Å²) in [6.45, 7) is 0.355. The van der Waals surface area contributed by atoms with Gasteiger partial charge in [0.2, 0.25) is 0 Å². The Morgan fingerprint density at radius 1 is 1.33 bits per heavy atom. The van der Waals surface area contributed by atoms with Crippen molar-refractivity contribution in [2.75, 3.05) is 0 Å². The number of rotatable bonds is 4. The summed E-state index contributed by atoms with van der Waals surface area (Å²) in [5.74, 6) is 0.597. The lowest BCUT2D eigenvalue weighted by Crippen LogP contribution is -1.97. The number of hydrogen-bond donors (Lipinski definition) is 0. The third kappa shape index (κ3) is 3.31. The minimum Gasteiger partial charge on any atom is -0.487 e. The van der Waals surface area contributed by atoms with Crippen LogP contribution in [0.5, 0.6) is 5.75 Å². The van der Waals surface area contributed by atoms with E-state index in [4.69, 9.17) is 16.3 Å². The first-order valence-electron chi connectivity index (χ1n) is 5.17. The molecule has 2 aromatic rings. The van der Waals surface area contributed by atoms with E-state index in [1.807, 2.05) is 18.2 Å². The van der Waals surface area contributed by atoms with Crippen molar-refractivity contribution in [2.45, 2.75) is 6.61 Å². The van der Waals surface area contributed by atoms with Gasteiger partial charge in [0.15, 0.2) is 6.29 Å². The second-order valence-electron chi connectivity index (χ2n) is 3.56. The predicted molar refractivity (Wildman–Crippen MR) is 73.1 cm³/mol. The van der Waals surface area contributed by atoms with Crippen LogP contribution in [0.25, 0.3) is 0 Å². The van der Waals surface area contributed by atoms with Crippen LogP contribution in [0.4, 0.5) is 0 Å². The Balaban J connectivity index is 2.04. The Hall–Kier alpha value is -1.39. The quantitative estimate of drug-likeness (QED) is 0.800. The molecule has 18 heavy (non-hydrogen) atoms. The number of carbonyl (C=O) groups excluding carboxylic acids is 1. The smallest absolute Gasteiger partial charge is 0.168 e. The standard InChI is InChI=1S/C13H9BrClNO2/c14-10-2-1-9(13(15)5-10)8-18-12-4-3-11(7-17)16-6-12/h1-7H,8H2. The molecule has 0 fully saturated rings. The van der Waals surface area contributed by atoms with Crippen molar-refractivity contribution in [1.29, 1.82) is 0 Å².